The zero-order chi connectivity index (χ0) is 18.9. The van der Waals surface area contributed by atoms with E-state index in [1.54, 1.807) is 34.0 Å². The Bertz CT molecular complexity index is 589. The smallest absolute Gasteiger partial charge is 0.409 e. The maximum Gasteiger partial charge on any atom is 0.409 e. The van der Waals surface area contributed by atoms with E-state index >= 15 is 0 Å². The molecule has 1 aliphatic heterocycles. The summed E-state index contributed by atoms with van der Waals surface area (Å²) in [6, 6.07) is -0.186. The van der Waals surface area contributed by atoms with Gasteiger partial charge in [-0.1, -0.05) is 13.8 Å². The highest BCUT2D eigenvalue weighted by molar-refractivity contribution is 5.89. The molecule has 0 spiro atoms. The first-order valence-electron chi connectivity index (χ1n) is 8.98. The highest BCUT2D eigenvalue weighted by Crippen LogP contribution is 2.10. The molecule has 9 nitrogen and oxygen atoms in total. The van der Waals surface area contributed by atoms with Crippen molar-refractivity contribution in [2.24, 2.45) is 5.92 Å². The van der Waals surface area contributed by atoms with Crippen LogP contribution in [0.2, 0.25) is 0 Å². The number of aromatic nitrogens is 2. The van der Waals surface area contributed by atoms with Gasteiger partial charge in [0, 0.05) is 39.5 Å². The first kappa shape index (κ1) is 20.0. The number of anilines is 1. The lowest BCUT2D eigenvalue weighted by Gasteiger charge is -2.22. The second kappa shape index (κ2) is 10.0. The van der Waals surface area contributed by atoms with Crippen LogP contribution in [0.1, 0.15) is 20.3 Å². The van der Waals surface area contributed by atoms with Gasteiger partial charge in [0.15, 0.2) is 0 Å². The Kier molecular flexibility index (Phi) is 7.71. The summed E-state index contributed by atoms with van der Waals surface area (Å²) in [5, 5.41) is 7.02. The molecule has 146 valence electrons. The molecule has 26 heavy (non-hydrogen) atoms. The van der Waals surface area contributed by atoms with Crippen molar-refractivity contribution in [3.05, 3.63) is 12.4 Å². The van der Waals surface area contributed by atoms with Gasteiger partial charge in [-0.2, -0.15) is 5.10 Å². The molecule has 0 aliphatic carbocycles. The third-order valence-corrected chi connectivity index (χ3v) is 3.99. The molecule has 0 bridgehead atoms. The first-order chi connectivity index (χ1) is 12.5. The normalized spacial score (nSPS) is 15.1. The molecule has 2 rings (SSSR count). The van der Waals surface area contributed by atoms with E-state index in [1.165, 1.54) is 0 Å². The number of methoxy groups -OCH3 is 1. The molecule has 1 aromatic rings. The fourth-order valence-corrected chi connectivity index (χ4v) is 2.57. The van der Waals surface area contributed by atoms with E-state index in [2.05, 4.69) is 10.4 Å². The van der Waals surface area contributed by atoms with Crippen LogP contribution in [0, 0.1) is 5.92 Å². The lowest BCUT2D eigenvalue weighted by Crippen LogP contribution is -2.39. The largest absolute Gasteiger partial charge is 0.449 e. The number of urea groups is 1. The predicted octanol–water partition coefficient (Wildman–Crippen LogP) is 1.86. The minimum atomic E-state index is -0.305. The average Bonchev–Trinajstić information content (AvgIpc) is 2.90. The number of ether oxygens (including phenoxy) is 2. The molecule has 1 N–H and O–H groups in total. The SMILES string of the molecule is COCCn1cc(NC(=O)N2CCCN(C(=O)OCC(C)C)CC2)cn1. The van der Waals surface area contributed by atoms with Crippen LogP contribution < -0.4 is 5.32 Å². The summed E-state index contributed by atoms with van der Waals surface area (Å²) in [6.07, 6.45) is 3.79. The second-order valence-electron chi connectivity index (χ2n) is 6.71. The number of amides is 3. The van der Waals surface area contributed by atoms with Crippen LogP contribution in [0.5, 0.6) is 0 Å². The Morgan fingerprint density at radius 1 is 1.23 bits per heavy atom. The second-order valence-corrected chi connectivity index (χ2v) is 6.71. The number of rotatable bonds is 6. The first-order valence-corrected chi connectivity index (χ1v) is 8.98. The van der Waals surface area contributed by atoms with Gasteiger partial charge in [0.25, 0.3) is 0 Å². The van der Waals surface area contributed by atoms with Gasteiger partial charge in [0.1, 0.15) is 0 Å². The molecule has 1 saturated heterocycles. The van der Waals surface area contributed by atoms with Crippen LogP contribution >= 0.6 is 0 Å². The van der Waals surface area contributed by atoms with Gasteiger partial charge >= 0.3 is 12.1 Å². The lowest BCUT2D eigenvalue weighted by molar-refractivity contribution is 0.0934. The standard InChI is InChI=1S/C17H29N5O4/c1-14(2)13-26-17(24)21-6-4-5-20(7-8-21)16(23)19-15-11-18-22(12-15)9-10-25-3/h11-12,14H,4-10,13H2,1-3H3,(H,19,23). The highest BCUT2D eigenvalue weighted by atomic mass is 16.6. The van der Waals surface area contributed by atoms with Gasteiger partial charge in [-0.3, -0.25) is 4.68 Å². The zero-order valence-corrected chi connectivity index (χ0v) is 15.8. The molecule has 1 aliphatic rings. The Morgan fingerprint density at radius 3 is 2.69 bits per heavy atom. The van der Waals surface area contributed by atoms with Crippen molar-refractivity contribution in [2.45, 2.75) is 26.8 Å². The average molecular weight is 367 g/mol. The summed E-state index contributed by atoms with van der Waals surface area (Å²) in [7, 11) is 1.63. The summed E-state index contributed by atoms with van der Waals surface area (Å²) >= 11 is 0. The fourth-order valence-electron chi connectivity index (χ4n) is 2.57. The van der Waals surface area contributed by atoms with E-state index in [0.717, 1.165) is 6.42 Å². The molecule has 0 unspecified atom stereocenters. The number of nitrogens with one attached hydrogen (secondary N) is 1. The molecule has 9 heteroatoms. The number of hydrogen-bond donors (Lipinski definition) is 1. The van der Waals surface area contributed by atoms with Crippen LogP contribution in [0.25, 0.3) is 0 Å². The molecule has 1 aromatic heterocycles. The lowest BCUT2D eigenvalue weighted by atomic mass is 10.2. The minimum Gasteiger partial charge on any atom is -0.449 e. The monoisotopic (exact) mass is 367 g/mol. The molecule has 0 saturated carbocycles. The van der Waals surface area contributed by atoms with E-state index in [9.17, 15) is 9.59 Å². The number of carbonyl (C=O) groups is 2. The van der Waals surface area contributed by atoms with Crippen molar-refractivity contribution in [3.63, 3.8) is 0 Å². The third-order valence-electron chi connectivity index (χ3n) is 3.99. The van der Waals surface area contributed by atoms with Crippen LogP contribution in [0.4, 0.5) is 15.3 Å². The van der Waals surface area contributed by atoms with Crippen molar-refractivity contribution < 1.29 is 19.1 Å². The van der Waals surface area contributed by atoms with Crippen molar-refractivity contribution in [1.29, 1.82) is 0 Å². The van der Waals surface area contributed by atoms with E-state index in [4.69, 9.17) is 9.47 Å². The minimum absolute atomic E-state index is 0.186. The van der Waals surface area contributed by atoms with E-state index < -0.39 is 0 Å². The Balaban J connectivity index is 1.81. The van der Waals surface area contributed by atoms with Crippen LogP contribution in [0.15, 0.2) is 12.4 Å². The quantitative estimate of drug-likeness (QED) is 0.829. The number of nitrogens with zero attached hydrogens (tertiary/aromatic N) is 4. The van der Waals surface area contributed by atoms with Gasteiger partial charge in [-0.25, -0.2) is 9.59 Å². The number of hydrogen-bond acceptors (Lipinski definition) is 5. The Hall–Kier alpha value is -2.29. The van der Waals surface area contributed by atoms with Gasteiger partial charge < -0.3 is 24.6 Å². The van der Waals surface area contributed by atoms with E-state index in [0.29, 0.717) is 57.5 Å². The van der Waals surface area contributed by atoms with E-state index in [-0.39, 0.29) is 12.1 Å². The predicted molar refractivity (Wildman–Crippen MR) is 97.1 cm³/mol. The van der Waals surface area contributed by atoms with Crippen molar-refractivity contribution >= 4 is 17.8 Å². The van der Waals surface area contributed by atoms with E-state index in [1.807, 2.05) is 13.8 Å². The van der Waals surface area contributed by atoms with Gasteiger partial charge in [0.05, 0.1) is 31.6 Å². The Labute approximate surface area is 154 Å². The molecule has 0 aromatic carbocycles. The summed E-state index contributed by atoms with van der Waals surface area (Å²) < 4.78 is 12.0. The molecule has 1 fully saturated rings. The molecular weight excluding hydrogens is 338 g/mol. The molecule has 3 amide bonds. The zero-order valence-electron chi connectivity index (χ0n) is 15.8. The van der Waals surface area contributed by atoms with Crippen molar-refractivity contribution in [2.75, 3.05) is 51.8 Å². The van der Waals surface area contributed by atoms with Gasteiger partial charge in [0.2, 0.25) is 0 Å². The maximum atomic E-state index is 12.5. The van der Waals surface area contributed by atoms with Crippen molar-refractivity contribution in [1.82, 2.24) is 19.6 Å². The summed E-state index contributed by atoms with van der Waals surface area (Å²) in [5.74, 6) is 0.304. The van der Waals surface area contributed by atoms with Gasteiger partial charge in [-0.05, 0) is 12.3 Å². The van der Waals surface area contributed by atoms with Gasteiger partial charge in [-0.15, -0.1) is 0 Å². The van der Waals surface area contributed by atoms with Crippen LogP contribution in [-0.4, -0.2) is 78.2 Å². The summed E-state index contributed by atoms with van der Waals surface area (Å²) in [4.78, 5) is 27.9. The van der Waals surface area contributed by atoms with Crippen LogP contribution in [0.3, 0.4) is 0 Å². The number of carbonyl (C=O) groups excluding carboxylic acids is 2. The molecule has 0 radical (unpaired) electrons. The summed E-state index contributed by atoms with van der Waals surface area (Å²) in [5.41, 5.74) is 0.642. The molecule has 0 atom stereocenters. The fraction of sp³-hybridized carbons (Fsp3) is 0.706. The molecule has 2 heterocycles. The highest BCUT2D eigenvalue weighted by Gasteiger charge is 2.23. The van der Waals surface area contributed by atoms with Crippen LogP contribution in [-0.2, 0) is 16.0 Å². The van der Waals surface area contributed by atoms with Crippen molar-refractivity contribution in [3.8, 4) is 0 Å². The maximum absolute atomic E-state index is 12.5. The topological polar surface area (TPSA) is 88.9 Å². The Morgan fingerprint density at radius 2 is 1.96 bits per heavy atom. The molecular formula is C17H29N5O4. The third kappa shape index (κ3) is 6.21. The summed E-state index contributed by atoms with van der Waals surface area (Å²) in [6.45, 7) is 7.73.